The summed E-state index contributed by atoms with van der Waals surface area (Å²) in [6, 6.07) is 14.4. The maximum atomic E-state index is 13.1. The van der Waals surface area contributed by atoms with Crippen molar-refractivity contribution in [3.8, 4) is 11.4 Å². The van der Waals surface area contributed by atoms with E-state index in [4.69, 9.17) is 5.73 Å². The smallest absolute Gasteiger partial charge is 0.266 e. The fourth-order valence-electron chi connectivity index (χ4n) is 3.44. The number of hydrogen-bond donors (Lipinski definition) is 1. The first-order valence-electron chi connectivity index (χ1n) is 9.73. The lowest BCUT2D eigenvalue weighted by atomic mass is 10.1. The molecule has 4 heterocycles. The fraction of sp³-hybridized carbons (Fsp3) is 0.143. The van der Waals surface area contributed by atoms with E-state index in [1.807, 2.05) is 35.0 Å². The Morgan fingerprint density at radius 2 is 1.84 bits per heavy atom. The number of tetrazole rings is 1. The Labute approximate surface area is 190 Å². The summed E-state index contributed by atoms with van der Waals surface area (Å²) in [6.07, 6.45) is 0.662. The van der Waals surface area contributed by atoms with Crippen LogP contribution in [0.3, 0.4) is 0 Å². The van der Waals surface area contributed by atoms with Crippen molar-refractivity contribution in [3.05, 3.63) is 74.6 Å². The van der Waals surface area contributed by atoms with Crippen LogP contribution in [0.15, 0.2) is 64.4 Å². The standard InChI is InChI=1S/C21H17N7O2S2/c22-20(30)13-5-7-14(8-6-13)21-23-26-27(25-21)12-19(29)28-16(18-4-2-10-32-18)11-15(24-28)17-3-1-9-31-17/h1-10,16H,11-12H2,(H2,22,30)/t16-/m1/s1. The van der Waals surface area contributed by atoms with Gasteiger partial charge >= 0.3 is 0 Å². The van der Waals surface area contributed by atoms with Crippen molar-refractivity contribution < 1.29 is 9.59 Å². The van der Waals surface area contributed by atoms with E-state index < -0.39 is 5.91 Å². The first kappa shape index (κ1) is 20.2. The average molecular weight is 464 g/mol. The van der Waals surface area contributed by atoms with Gasteiger partial charge < -0.3 is 5.73 Å². The summed E-state index contributed by atoms with van der Waals surface area (Å²) in [5.41, 5.74) is 7.23. The molecule has 0 fully saturated rings. The first-order valence-corrected chi connectivity index (χ1v) is 11.5. The number of carbonyl (C=O) groups is 2. The molecule has 1 aromatic carbocycles. The summed E-state index contributed by atoms with van der Waals surface area (Å²) in [5.74, 6) is -0.372. The van der Waals surface area contributed by atoms with Crippen LogP contribution in [-0.4, -0.2) is 42.7 Å². The second-order valence-corrected chi connectivity index (χ2v) is 9.01. The van der Waals surface area contributed by atoms with Gasteiger partial charge in [0.25, 0.3) is 5.91 Å². The molecule has 0 spiro atoms. The molecule has 2 amide bonds. The van der Waals surface area contributed by atoms with Crippen LogP contribution in [0, 0.1) is 0 Å². The van der Waals surface area contributed by atoms with Crippen molar-refractivity contribution in [2.75, 3.05) is 0 Å². The molecular formula is C21H17N7O2S2. The molecule has 3 aromatic heterocycles. The predicted molar refractivity (Wildman–Crippen MR) is 121 cm³/mol. The number of rotatable bonds is 6. The van der Waals surface area contributed by atoms with Crippen LogP contribution in [-0.2, 0) is 11.3 Å². The number of benzene rings is 1. The topological polar surface area (TPSA) is 119 Å². The largest absolute Gasteiger partial charge is 0.366 e. The maximum absolute atomic E-state index is 13.1. The SMILES string of the molecule is NC(=O)c1ccc(-c2nnn(CC(=O)N3N=C(c4cccs4)C[C@@H]3c3cccs3)n2)cc1. The molecule has 160 valence electrons. The minimum atomic E-state index is -0.507. The van der Waals surface area contributed by atoms with Crippen LogP contribution in [0.25, 0.3) is 11.4 Å². The number of amides is 2. The lowest BCUT2D eigenvalue weighted by Gasteiger charge is -2.20. The number of hydrogen-bond acceptors (Lipinski definition) is 8. The molecule has 0 radical (unpaired) electrons. The number of primary amides is 1. The molecule has 11 heteroatoms. The molecule has 1 aliphatic heterocycles. The Hall–Kier alpha value is -3.70. The lowest BCUT2D eigenvalue weighted by Crippen LogP contribution is -2.30. The van der Waals surface area contributed by atoms with Crippen LogP contribution >= 0.6 is 22.7 Å². The Balaban J connectivity index is 1.36. The highest BCUT2D eigenvalue weighted by atomic mass is 32.1. The third-order valence-electron chi connectivity index (χ3n) is 5.00. The number of thiophene rings is 2. The zero-order valence-electron chi connectivity index (χ0n) is 16.7. The van der Waals surface area contributed by atoms with E-state index in [1.165, 1.54) is 9.81 Å². The molecule has 4 aromatic rings. The van der Waals surface area contributed by atoms with E-state index in [0.29, 0.717) is 23.4 Å². The van der Waals surface area contributed by atoms with Gasteiger partial charge in [-0.3, -0.25) is 9.59 Å². The zero-order valence-corrected chi connectivity index (χ0v) is 18.3. The summed E-state index contributed by atoms with van der Waals surface area (Å²) >= 11 is 3.21. The van der Waals surface area contributed by atoms with Crippen molar-refractivity contribution in [2.24, 2.45) is 10.8 Å². The molecular weight excluding hydrogens is 446 g/mol. The van der Waals surface area contributed by atoms with Crippen LogP contribution in [0.4, 0.5) is 0 Å². The normalized spacial score (nSPS) is 15.7. The molecule has 1 aliphatic rings. The van der Waals surface area contributed by atoms with Crippen molar-refractivity contribution in [2.45, 2.75) is 19.0 Å². The lowest BCUT2D eigenvalue weighted by molar-refractivity contribution is -0.134. The quantitative estimate of drug-likeness (QED) is 0.471. The van der Waals surface area contributed by atoms with Gasteiger partial charge in [0.1, 0.15) is 6.54 Å². The summed E-state index contributed by atoms with van der Waals surface area (Å²) in [5, 5.41) is 22.5. The van der Waals surface area contributed by atoms with E-state index in [1.54, 1.807) is 46.9 Å². The van der Waals surface area contributed by atoms with E-state index in [0.717, 1.165) is 15.5 Å². The van der Waals surface area contributed by atoms with E-state index in [9.17, 15) is 9.59 Å². The molecule has 9 nitrogen and oxygen atoms in total. The van der Waals surface area contributed by atoms with Gasteiger partial charge in [-0.05, 0) is 40.2 Å². The van der Waals surface area contributed by atoms with E-state index >= 15 is 0 Å². The van der Waals surface area contributed by atoms with Gasteiger partial charge in [-0.15, -0.1) is 32.9 Å². The molecule has 0 saturated heterocycles. The molecule has 5 rings (SSSR count). The summed E-state index contributed by atoms with van der Waals surface area (Å²) < 4.78 is 0. The zero-order chi connectivity index (χ0) is 22.1. The van der Waals surface area contributed by atoms with Gasteiger partial charge in [0, 0.05) is 22.4 Å². The van der Waals surface area contributed by atoms with Crippen molar-refractivity contribution in [1.29, 1.82) is 0 Å². The molecule has 1 atom stereocenters. The van der Waals surface area contributed by atoms with Gasteiger partial charge in [-0.2, -0.15) is 9.90 Å². The average Bonchev–Trinajstić information content (AvgIpc) is 3.60. The highest BCUT2D eigenvalue weighted by Crippen LogP contribution is 2.36. The Kier molecular flexibility index (Phi) is 5.33. The Morgan fingerprint density at radius 3 is 2.53 bits per heavy atom. The minimum Gasteiger partial charge on any atom is -0.366 e. The van der Waals surface area contributed by atoms with E-state index in [2.05, 4.69) is 20.5 Å². The van der Waals surface area contributed by atoms with Gasteiger partial charge in [0.2, 0.25) is 11.7 Å². The van der Waals surface area contributed by atoms with Gasteiger partial charge in [0.15, 0.2) is 0 Å². The summed E-state index contributed by atoms with van der Waals surface area (Å²) in [7, 11) is 0. The van der Waals surface area contributed by atoms with Crippen molar-refractivity contribution in [1.82, 2.24) is 25.2 Å². The second-order valence-electron chi connectivity index (χ2n) is 7.08. The number of aromatic nitrogens is 4. The Morgan fingerprint density at radius 1 is 1.06 bits per heavy atom. The summed E-state index contributed by atoms with van der Waals surface area (Å²) in [6.45, 7) is -0.0878. The minimum absolute atomic E-state index is 0.0878. The maximum Gasteiger partial charge on any atom is 0.266 e. The molecule has 0 unspecified atom stereocenters. The molecule has 2 N–H and O–H groups in total. The van der Waals surface area contributed by atoms with Crippen molar-refractivity contribution >= 4 is 40.2 Å². The highest BCUT2D eigenvalue weighted by Gasteiger charge is 2.34. The summed E-state index contributed by atoms with van der Waals surface area (Å²) in [4.78, 5) is 27.8. The second kappa shape index (κ2) is 8.44. The van der Waals surface area contributed by atoms with Gasteiger partial charge in [-0.1, -0.05) is 24.3 Å². The fourth-order valence-corrected chi connectivity index (χ4v) is 4.97. The monoisotopic (exact) mass is 463 g/mol. The van der Waals surface area contributed by atoms with Crippen LogP contribution < -0.4 is 5.73 Å². The number of hydrazone groups is 1. The van der Waals surface area contributed by atoms with Crippen LogP contribution in [0.1, 0.15) is 32.6 Å². The third kappa shape index (κ3) is 3.95. The van der Waals surface area contributed by atoms with Crippen LogP contribution in [0.2, 0.25) is 0 Å². The van der Waals surface area contributed by atoms with Crippen LogP contribution in [0.5, 0.6) is 0 Å². The third-order valence-corrected chi connectivity index (χ3v) is 6.89. The molecule has 0 bridgehead atoms. The Bertz CT molecular complexity index is 1280. The molecule has 0 saturated carbocycles. The highest BCUT2D eigenvalue weighted by molar-refractivity contribution is 7.12. The molecule has 0 aliphatic carbocycles. The predicted octanol–water partition coefficient (Wildman–Crippen LogP) is 2.94. The number of carbonyl (C=O) groups excluding carboxylic acids is 2. The number of nitrogens with two attached hydrogens (primary N) is 1. The first-order chi connectivity index (χ1) is 15.6. The van der Waals surface area contributed by atoms with Gasteiger partial charge in [-0.25, -0.2) is 5.01 Å². The number of nitrogens with zero attached hydrogens (tertiary/aromatic N) is 6. The molecule has 32 heavy (non-hydrogen) atoms. The van der Waals surface area contributed by atoms with Gasteiger partial charge in [0.05, 0.1) is 16.6 Å². The van der Waals surface area contributed by atoms with E-state index in [-0.39, 0.29) is 18.5 Å². The van der Waals surface area contributed by atoms with Crippen molar-refractivity contribution in [3.63, 3.8) is 0 Å².